The van der Waals surface area contributed by atoms with E-state index < -0.39 is 22.7 Å². The standard InChI is InChI=1S/C30H54O5Si2/c1-20-12-13-21-18-22(34-36(8,9)29(2,3)4)19-25(31)27(21)23(20)14-15-24-26(16-17-33-28(24)32)35-37(10,11)30(5,6)7/h12-13,18,20,22-27,31H,14-17,19H2,1-11H3/t20-,22+,23-,24?,25-,26?,27-/m0/s1. The van der Waals surface area contributed by atoms with Crippen LogP contribution in [0.4, 0.5) is 0 Å². The Morgan fingerprint density at radius 3 is 2.19 bits per heavy atom. The fourth-order valence-electron chi connectivity index (χ4n) is 5.62. The molecule has 37 heavy (non-hydrogen) atoms. The van der Waals surface area contributed by atoms with Crippen molar-refractivity contribution >= 4 is 22.6 Å². The third-order valence-electron chi connectivity index (χ3n) is 10.1. The highest BCUT2D eigenvalue weighted by molar-refractivity contribution is 6.74. The number of rotatable bonds is 7. The molecule has 212 valence electrons. The van der Waals surface area contributed by atoms with Gasteiger partial charge in [-0.1, -0.05) is 66.7 Å². The molecule has 0 spiro atoms. The Balaban J connectivity index is 1.75. The van der Waals surface area contributed by atoms with Crippen molar-refractivity contribution in [1.29, 1.82) is 0 Å². The predicted molar refractivity (Wildman–Crippen MR) is 156 cm³/mol. The molecule has 0 bridgehead atoms. The van der Waals surface area contributed by atoms with Gasteiger partial charge in [-0.05, 0) is 66.5 Å². The van der Waals surface area contributed by atoms with Crippen LogP contribution in [0.15, 0.2) is 23.8 Å². The fraction of sp³-hybridized carbons (Fsp3) is 0.833. The zero-order valence-corrected chi connectivity index (χ0v) is 27.4. The smallest absolute Gasteiger partial charge is 0.311 e. The van der Waals surface area contributed by atoms with Crippen molar-refractivity contribution < 1.29 is 23.5 Å². The molecule has 1 heterocycles. The second-order valence-electron chi connectivity index (χ2n) is 14.9. The molecule has 1 saturated heterocycles. The van der Waals surface area contributed by atoms with Crippen LogP contribution in [0.1, 0.15) is 74.1 Å². The molecule has 0 aromatic rings. The van der Waals surface area contributed by atoms with E-state index in [0.29, 0.717) is 18.9 Å². The summed E-state index contributed by atoms with van der Waals surface area (Å²) in [6.45, 7) is 25.2. The van der Waals surface area contributed by atoms with E-state index in [1.807, 2.05) is 0 Å². The molecule has 1 fully saturated rings. The van der Waals surface area contributed by atoms with Crippen LogP contribution in [0.3, 0.4) is 0 Å². The maximum absolute atomic E-state index is 12.9. The fourth-order valence-corrected chi connectivity index (χ4v) is 8.29. The molecule has 5 nitrogen and oxygen atoms in total. The molecule has 1 aliphatic heterocycles. The zero-order chi connectivity index (χ0) is 28.0. The topological polar surface area (TPSA) is 65.0 Å². The van der Waals surface area contributed by atoms with Gasteiger partial charge in [0.2, 0.25) is 0 Å². The van der Waals surface area contributed by atoms with Gasteiger partial charge in [-0.25, -0.2) is 0 Å². The molecule has 3 aliphatic rings. The maximum atomic E-state index is 12.9. The highest BCUT2D eigenvalue weighted by atomic mass is 28.4. The van der Waals surface area contributed by atoms with Gasteiger partial charge in [-0.3, -0.25) is 4.79 Å². The number of hydrogen-bond acceptors (Lipinski definition) is 5. The number of allylic oxidation sites excluding steroid dienone is 2. The van der Waals surface area contributed by atoms with Gasteiger partial charge in [0.05, 0.1) is 30.8 Å². The Morgan fingerprint density at radius 2 is 1.59 bits per heavy atom. The highest BCUT2D eigenvalue weighted by Crippen LogP contribution is 2.46. The number of carbonyl (C=O) groups excluding carboxylic acids is 1. The van der Waals surface area contributed by atoms with Gasteiger partial charge in [-0.15, -0.1) is 0 Å². The minimum Gasteiger partial charge on any atom is -0.465 e. The first-order valence-corrected chi connectivity index (χ1v) is 20.3. The number of esters is 1. The first kappa shape index (κ1) is 30.8. The summed E-state index contributed by atoms with van der Waals surface area (Å²) in [4.78, 5) is 12.9. The van der Waals surface area contributed by atoms with E-state index in [9.17, 15) is 9.90 Å². The van der Waals surface area contributed by atoms with E-state index in [2.05, 4.69) is 92.9 Å². The number of aliphatic hydroxyl groups is 1. The molecule has 0 amide bonds. The van der Waals surface area contributed by atoms with Crippen LogP contribution < -0.4 is 0 Å². The second-order valence-corrected chi connectivity index (χ2v) is 24.4. The summed E-state index contributed by atoms with van der Waals surface area (Å²) in [6.07, 6.45) is 9.20. The Kier molecular flexibility index (Phi) is 9.18. The van der Waals surface area contributed by atoms with Crippen molar-refractivity contribution in [3.05, 3.63) is 23.8 Å². The van der Waals surface area contributed by atoms with Crippen molar-refractivity contribution in [2.75, 3.05) is 6.61 Å². The van der Waals surface area contributed by atoms with Crippen molar-refractivity contribution in [3.8, 4) is 0 Å². The van der Waals surface area contributed by atoms with E-state index in [4.69, 9.17) is 13.6 Å². The van der Waals surface area contributed by atoms with Crippen molar-refractivity contribution in [2.45, 2.75) is 129 Å². The minimum atomic E-state index is -2.00. The van der Waals surface area contributed by atoms with Crippen LogP contribution in [-0.4, -0.2) is 52.6 Å². The first-order valence-electron chi connectivity index (χ1n) is 14.4. The van der Waals surface area contributed by atoms with Crippen LogP contribution >= 0.6 is 0 Å². The first-order chi connectivity index (χ1) is 16.8. The summed E-state index contributed by atoms with van der Waals surface area (Å²) < 4.78 is 18.9. The van der Waals surface area contributed by atoms with E-state index in [-0.39, 0.29) is 46.0 Å². The molecule has 2 unspecified atom stereocenters. The van der Waals surface area contributed by atoms with Crippen LogP contribution in [0, 0.1) is 23.7 Å². The molecule has 0 aromatic carbocycles. The lowest BCUT2D eigenvalue weighted by atomic mass is 9.66. The molecule has 0 radical (unpaired) electrons. The third-order valence-corrected chi connectivity index (χ3v) is 19.1. The molecule has 3 rings (SSSR count). The quantitative estimate of drug-likeness (QED) is 0.267. The second kappa shape index (κ2) is 11.0. The third kappa shape index (κ3) is 6.89. The highest BCUT2D eigenvalue weighted by Gasteiger charge is 2.46. The molecular formula is C30H54O5Si2. The maximum Gasteiger partial charge on any atom is 0.311 e. The van der Waals surface area contributed by atoms with Gasteiger partial charge in [-0.2, -0.15) is 0 Å². The van der Waals surface area contributed by atoms with Crippen LogP contribution in [0.5, 0.6) is 0 Å². The van der Waals surface area contributed by atoms with E-state index in [0.717, 1.165) is 19.3 Å². The minimum absolute atomic E-state index is 0.0449. The van der Waals surface area contributed by atoms with Gasteiger partial charge >= 0.3 is 5.97 Å². The van der Waals surface area contributed by atoms with Gasteiger partial charge in [0.15, 0.2) is 16.6 Å². The lowest BCUT2D eigenvalue weighted by Crippen LogP contribution is -2.49. The molecule has 7 heteroatoms. The predicted octanol–water partition coefficient (Wildman–Crippen LogP) is 7.24. The van der Waals surface area contributed by atoms with E-state index in [1.165, 1.54) is 5.57 Å². The Labute approximate surface area is 228 Å². The number of hydrogen-bond donors (Lipinski definition) is 1. The number of fused-ring (bicyclic) bond motifs is 1. The van der Waals surface area contributed by atoms with Crippen molar-refractivity contribution in [1.82, 2.24) is 0 Å². The molecule has 2 aliphatic carbocycles. The van der Waals surface area contributed by atoms with Crippen LogP contribution in [0.25, 0.3) is 0 Å². The van der Waals surface area contributed by atoms with Crippen LogP contribution in [0.2, 0.25) is 36.3 Å². The normalized spacial score (nSPS) is 33.6. The van der Waals surface area contributed by atoms with Gasteiger partial charge in [0.1, 0.15) is 0 Å². The summed E-state index contributed by atoms with van der Waals surface area (Å²) in [7, 11) is -3.94. The molecule has 1 N–H and O–H groups in total. The average Bonchev–Trinajstić information content (AvgIpc) is 2.72. The summed E-state index contributed by atoms with van der Waals surface area (Å²) in [5, 5.41) is 11.6. The largest absolute Gasteiger partial charge is 0.465 e. The lowest BCUT2D eigenvalue weighted by molar-refractivity contribution is -0.160. The van der Waals surface area contributed by atoms with Crippen molar-refractivity contribution in [2.24, 2.45) is 23.7 Å². The number of aliphatic hydroxyl groups excluding tert-OH is 1. The van der Waals surface area contributed by atoms with Crippen molar-refractivity contribution in [3.63, 3.8) is 0 Å². The van der Waals surface area contributed by atoms with Gasteiger partial charge < -0.3 is 18.7 Å². The summed E-state index contributed by atoms with van der Waals surface area (Å²) in [5.74, 6) is 0.358. The van der Waals surface area contributed by atoms with E-state index in [1.54, 1.807) is 0 Å². The molecule has 7 atom stereocenters. The Hall–Kier alpha value is -0.736. The summed E-state index contributed by atoms with van der Waals surface area (Å²) in [6, 6.07) is 0. The molecular weight excluding hydrogens is 496 g/mol. The van der Waals surface area contributed by atoms with Gasteiger partial charge in [0.25, 0.3) is 0 Å². The Bertz CT molecular complexity index is 879. The van der Waals surface area contributed by atoms with Crippen LogP contribution in [-0.2, 0) is 18.4 Å². The molecule has 0 aromatic heterocycles. The molecule has 0 saturated carbocycles. The number of carbonyl (C=O) groups is 1. The Morgan fingerprint density at radius 1 is 1.00 bits per heavy atom. The van der Waals surface area contributed by atoms with Gasteiger partial charge in [0, 0.05) is 18.8 Å². The van der Waals surface area contributed by atoms with E-state index >= 15 is 0 Å². The summed E-state index contributed by atoms with van der Waals surface area (Å²) >= 11 is 0. The monoisotopic (exact) mass is 550 g/mol. The zero-order valence-electron chi connectivity index (χ0n) is 25.4. The lowest BCUT2D eigenvalue weighted by Gasteiger charge is -2.45. The number of cyclic esters (lactones) is 1. The summed E-state index contributed by atoms with van der Waals surface area (Å²) in [5.41, 5.74) is 1.20. The SMILES string of the molecule is C[C@H]1C=CC2=C[C@@H](O[Si](C)(C)C(C)(C)C)C[C@H](O)[C@@H]2[C@H]1CCC1C(=O)OCCC1O[Si](C)(C)C(C)(C)C. The number of ether oxygens (including phenoxy) is 1. The average molecular weight is 551 g/mol.